The van der Waals surface area contributed by atoms with Crippen LogP contribution in [0.4, 0.5) is 5.00 Å². The Bertz CT molecular complexity index is 1320. The van der Waals surface area contributed by atoms with E-state index >= 15 is 0 Å². The van der Waals surface area contributed by atoms with Gasteiger partial charge >= 0.3 is 5.97 Å². The van der Waals surface area contributed by atoms with E-state index in [1.54, 1.807) is 13.0 Å². The minimum absolute atomic E-state index is 0.0644. The number of carbonyl (C=O) groups excluding carboxylic acids is 2. The molecule has 2 aromatic heterocycles. The van der Waals surface area contributed by atoms with Crippen molar-refractivity contribution >= 4 is 40.0 Å². The molecule has 1 aliphatic carbocycles. The Labute approximate surface area is 233 Å². The zero-order valence-corrected chi connectivity index (χ0v) is 24.4. The Hall–Kier alpha value is -2.91. The number of nitrogens with one attached hydrogen (secondary N) is 1. The third-order valence-corrected chi connectivity index (χ3v) is 8.75. The van der Waals surface area contributed by atoms with Crippen LogP contribution >= 0.6 is 23.1 Å². The van der Waals surface area contributed by atoms with Gasteiger partial charge < -0.3 is 10.1 Å². The van der Waals surface area contributed by atoms with Crippen molar-refractivity contribution in [3.63, 3.8) is 0 Å². The highest BCUT2D eigenvalue weighted by molar-refractivity contribution is 7.99. The van der Waals surface area contributed by atoms with E-state index in [0.717, 1.165) is 36.2 Å². The zero-order valence-electron chi connectivity index (χ0n) is 22.8. The summed E-state index contributed by atoms with van der Waals surface area (Å²) in [6, 6.07) is 8.35. The van der Waals surface area contributed by atoms with Crippen LogP contribution in [0.5, 0.6) is 0 Å². The largest absolute Gasteiger partial charge is 0.462 e. The fourth-order valence-electron chi connectivity index (χ4n) is 4.57. The van der Waals surface area contributed by atoms with Gasteiger partial charge in [0.25, 0.3) is 0 Å². The molecule has 9 heteroatoms. The van der Waals surface area contributed by atoms with E-state index < -0.39 is 0 Å². The molecule has 2 heterocycles. The molecule has 1 atom stereocenters. The summed E-state index contributed by atoms with van der Waals surface area (Å²) in [5.74, 6) is 0.870. The summed E-state index contributed by atoms with van der Waals surface area (Å²) in [6.07, 6.45) is 4.57. The minimum Gasteiger partial charge on any atom is -0.462 e. The Balaban J connectivity index is 1.50. The number of esters is 1. The number of thioether (sulfide) groups is 1. The van der Waals surface area contributed by atoms with Crippen molar-refractivity contribution in [2.45, 2.75) is 71.0 Å². The molecular formula is C29H36N4O3S2. The van der Waals surface area contributed by atoms with Crippen LogP contribution in [0.25, 0.3) is 11.4 Å². The summed E-state index contributed by atoms with van der Waals surface area (Å²) in [6.45, 7) is 15.3. The molecular weight excluding hydrogens is 516 g/mol. The number of amides is 1. The van der Waals surface area contributed by atoms with Crippen LogP contribution in [0.2, 0.25) is 0 Å². The fourth-order valence-corrected chi connectivity index (χ4v) is 6.74. The van der Waals surface area contributed by atoms with Crippen LogP contribution in [0.3, 0.4) is 0 Å². The molecule has 3 aromatic rings. The van der Waals surface area contributed by atoms with E-state index in [4.69, 9.17) is 4.74 Å². The second kappa shape index (κ2) is 11.9. The van der Waals surface area contributed by atoms with Gasteiger partial charge in [0.2, 0.25) is 5.91 Å². The monoisotopic (exact) mass is 552 g/mol. The number of allylic oxidation sites excluding steroid dienone is 1. The van der Waals surface area contributed by atoms with Gasteiger partial charge in [-0.15, -0.1) is 28.1 Å². The normalized spacial score (nSPS) is 15.1. The number of fused-ring (bicyclic) bond motifs is 1. The first kappa shape index (κ1) is 28.1. The highest BCUT2D eigenvalue weighted by Crippen LogP contribution is 2.40. The molecule has 0 saturated heterocycles. The number of aromatic nitrogens is 3. The summed E-state index contributed by atoms with van der Waals surface area (Å²) < 4.78 is 7.29. The molecule has 1 aliphatic rings. The Morgan fingerprint density at radius 1 is 1.26 bits per heavy atom. The van der Waals surface area contributed by atoms with E-state index in [9.17, 15) is 9.59 Å². The van der Waals surface area contributed by atoms with Crippen LogP contribution in [0, 0.1) is 5.92 Å². The first-order valence-electron chi connectivity index (χ1n) is 13.0. The van der Waals surface area contributed by atoms with Gasteiger partial charge in [-0.25, -0.2) is 4.79 Å². The highest BCUT2D eigenvalue weighted by atomic mass is 32.2. The van der Waals surface area contributed by atoms with E-state index in [-0.39, 0.29) is 23.0 Å². The lowest BCUT2D eigenvalue weighted by Gasteiger charge is -2.19. The molecule has 4 rings (SSSR count). The molecule has 1 unspecified atom stereocenters. The number of thiophene rings is 1. The van der Waals surface area contributed by atoms with Crippen molar-refractivity contribution in [2.75, 3.05) is 17.7 Å². The highest BCUT2D eigenvalue weighted by Gasteiger charge is 2.29. The first-order valence-corrected chi connectivity index (χ1v) is 14.8. The van der Waals surface area contributed by atoms with Crippen molar-refractivity contribution in [2.24, 2.45) is 5.92 Å². The van der Waals surface area contributed by atoms with Crippen LogP contribution in [-0.2, 0) is 34.3 Å². The quantitative estimate of drug-likeness (QED) is 0.185. The van der Waals surface area contributed by atoms with Crippen LogP contribution < -0.4 is 5.32 Å². The summed E-state index contributed by atoms with van der Waals surface area (Å²) in [7, 11) is 0. The molecule has 1 amide bonds. The molecule has 0 saturated carbocycles. The Kier molecular flexibility index (Phi) is 8.78. The first-order chi connectivity index (χ1) is 18.1. The summed E-state index contributed by atoms with van der Waals surface area (Å²) >= 11 is 2.81. The minimum atomic E-state index is -0.365. The number of nitrogens with zero attached hydrogens (tertiary/aromatic N) is 3. The van der Waals surface area contributed by atoms with Gasteiger partial charge in [-0.05, 0) is 48.6 Å². The Morgan fingerprint density at radius 3 is 2.66 bits per heavy atom. The molecule has 0 radical (unpaired) electrons. The van der Waals surface area contributed by atoms with Crippen molar-refractivity contribution in [1.29, 1.82) is 0 Å². The smallest absolute Gasteiger partial charge is 0.341 e. The average molecular weight is 553 g/mol. The number of benzene rings is 1. The second-order valence-corrected chi connectivity index (χ2v) is 12.7. The van der Waals surface area contributed by atoms with Crippen LogP contribution in [0.1, 0.15) is 67.4 Å². The van der Waals surface area contributed by atoms with Crippen LogP contribution in [0.15, 0.2) is 42.1 Å². The van der Waals surface area contributed by atoms with Gasteiger partial charge in [0.05, 0.1) is 17.9 Å². The number of hydrogen-bond donors (Lipinski definition) is 1. The molecule has 1 aromatic carbocycles. The average Bonchev–Trinajstić information content (AvgIpc) is 3.43. The number of carbonyl (C=O) groups is 2. The van der Waals surface area contributed by atoms with Crippen LogP contribution in [-0.4, -0.2) is 39.0 Å². The molecule has 7 nitrogen and oxygen atoms in total. The predicted octanol–water partition coefficient (Wildman–Crippen LogP) is 6.52. The fraction of sp³-hybridized carbons (Fsp3) is 0.448. The lowest BCUT2D eigenvalue weighted by atomic mass is 9.87. The third-order valence-electron chi connectivity index (χ3n) is 6.61. The van der Waals surface area contributed by atoms with Crippen molar-refractivity contribution in [3.8, 4) is 11.4 Å². The summed E-state index contributed by atoms with van der Waals surface area (Å²) in [4.78, 5) is 27.0. The lowest BCUT2D eigenvalue weighted by Crippen LogP contribution is -2.18. The molecule has 202 valence electrons. The van der Waals surface area contributed by atoms with E-state index in [2.05, 4.69) is 74.1 Å². The topological polar surface area (TPSA) is 86.1 Å². The lowest BCUT2D eigenvalue weighted by molar-refractivity contribution is -0.113. The van der Waals surface area contributed by atoms with Gasteiger partial charge in [0.1, 0.15) is 5.00 Å². The Morgan fingerprint density at radius 2 is 2.00 bits per heavy atom. The molecule has 38 heavy (non-hydrogen) atoms. The number of ether oxygens (including phenoxy) is 1. The van der Waals surface area contributed by atoms with Crippen molar-refractivity contribution in [1.82, 2.24) is 14.8 Å². The summed E-state index contributed by atoms with van der Waals surface area (Å²) in [5, 5.41) is 13.0. The second-order valence-electron chi connectivity index (χ2n) is 10.6. The molecule has 1 N–H and O–H groups in total. The SMILES string of the molecule is C=CCn1c(SCC(=O)Nc2sc3c(c2C(=O)OCC)CCC(C)C3)nnc1-c1ccc(C(C)(C)C)cc1. The maximum atomic E-state index is 13.0. The van der Waals surface area contributed by atoms with Crippen molar-refractivity contribution in [3.05, 3.63) is 58.5 Å². The van der Waals surface area contributed by atoms with E-state index in [1.165, 1.54) is 33.5 Å². The standard InChI is InChI=1S/C29H36N4O3S2/c1-7-15-33-25(19-10-12-20(13-11-19)29(4,5)6)31-32-28(33)37-17-23(34)30-26-24(27(35)36-8-2)21-14-9-18(3)16-22(21)38-26/h7,10-13,18H,1,8-9,14-17H2,2-6H3,(H,30,34). The maximum absolute atomic E-state index is 13.0. The number of anilines is 1. The zero-order chi connectivity index (χ0) is 27.4. The summed E-state index contributed by atoms with van der Waals surface area (Å²) in [5.41, 5.74) is 3.82. The predicted molar refractivity (Wildman–Crippen MR) is 155 cm³/mol. The van der Waals surface area contributed by atoms with Gasteiger partial charge in [-0.2, -0.15) is 0 Å². The molecule has 0 fully saturated rings. The molecule has 0 aliphatic heterocycles. The molecule has 0 bridgehead atoms. The van der Waals surface area contributed by atoms with Crippen molar-refractivity contribution < 1.29 is 14.3 Å². The van der Waals surface area contributed by atoms with E-state index in [1.807, 2.05) is 4.57 Å². The number of rotatable bonds is 9. The van der Waals surface area contributed by atoms with Gasteiger partial charge in [0, 0.05) is 17.0 Å². The van der Waals surface area contributed by atoms with Gasteiger partial charge in [-0.3, -0.25) is 9.36 Å². The number of hydrogen-bond acceptors (Lipinski definition) is 7. The third kappa shape index (κ3) is 6.21. The van der Waals surface area contributed by atoms with Gasteiger partial charge in [-0.1, -0.05) is 69.8 Å². The van der Waals surface area contributed by atoms with E-state index in [0.29, 0.717) is 34.8 Å². The molecule has 0 spiro atoms. The van der Waals surface area contributed by atoms with Gasteiger partial charge in [0.15, 0.2) is 11.0 Å². The maximum Gasteiger partial charge on any atom is 0.341 e.